The Hall–Kier alpha value is -2.60. The van der Waals surface area contributed by atoms with Crippen LogP contribution in [0.5, 0.6) is 0 Å². The summed E-state index contributed by atoms with van der Waals surface area (Å²) in [5, 5.41) is 8.30. The Kier molecular flexibility index (Phi) is 8.23. The fourth-order valence-electron chi connectivity index (χ4n) is 4.28. The SMILES string of the molecule is CC(C)CC(NC(=O)c1cc2ccccc2s1)C(=O)N([C@H]1CCCNCC1=O)S(=O)(=O)c1cccs1. The predicted octanol–water partition coefficient (Wildman–Crippen LogP) is 3.65. The zero-order chi connectivity index (χ0) is 25.9. The maximum atomic E-state index is 14.0. The summed E-state index contributed by atoms with van der Waals surface area (Å²) in [6.07, 6.45) is 0.995. The lowest BCUT2D eigenvalue weighted by atomic mass is 10.0. The predicted molar refractivity (Wildman–Crippen MR) is 142 cm³/mol. The number of carbonyl (C=O) groups excluding carboxylic acids is 3. The number of hydrogen-bond acceptors (Lipinski definition) is 8. The van der Waals surface area contributed by atoms with E-state index in [1.807, 2.05) is 38.1 Å². The van der Waals surface area contributed by atoms with Crippen molar-refractivity contribution in [2.45, 2.75) is 49.4 Å². The summed E-state index contributed by atoms with van der Waals surface area (Å²) in [7, 11) is -4.30. The van der Waals surface area contributed by atoms with E-state index in [1.165, 1.54) is 17.4 Å². The van der Waals surface area contributed by atoms with Gasteiger partial charge in [-0.25, -0.2) is 12.7 Å². The van der Waals surface area contributed by atoms with E-state index >= 15 is 0 Å². The second kappa shape index (κ2) is 11.2. The number of carbonyl (C=O) groups is 3. The third kappa shape index (κ3) is 5.69. The van der Waals surface area contributed by atoms with Gasteiger partial charge in [0.15, 0.2) is 5.78 Å². The van der Waals surface area contributed by atoms with Gasteiger partial charge in [-0.2, -0.15) is 0 Å². The third-order valence-corrected chi connectivity index (χ3v) is 10.3. The molecule has 36 heavy (non-hydrogen) atoms. The van der Waals surface area contributed by atoms with Crippen molar-refractivity contribution in [1.82, 2.24) is 14.9 Å². The standard InChI is InChI=1S/C25H29N3O5S3/c1-16(2)13-18(27-24(30)22-14-17-7-3-4-9-21(17)35-22)25(31)28(19-8-5-11-26-15-20(19)29)36(32,33)23-10-6-12-34-23/h3-4,6-7,9-10,12,14,16,18-19,26H,5,8,11,13,15H2,1-2H3,(H,27,30)/t18?,19-/m0/s1. The summed E-state index contributed by atoms with van der Waals surface area (Å²) in [4.78, 5) is 40.6. The van der Waals surface area contributed by atoms with Crippen LogP contribution in [0.3, 0.4) is 0 Å². The molecule has 3 aromatic rings. The largest absolute Gasteiger partial charge is 0.339 e. The van der Waals surface area contributed by atoms with E-state index < -0.39 is 33.9 Å². The highest BCUT2D eigenvalue weighted by Gasteiger charge is 2.43. The number of fused-ring (bicyclic) bond motifs is 1. The van der Waals surface area contributed by atoms with Crippen molar-refractivity contribution in [3.8, 4) is 0 Å². The molecule has 2 N–H and O–H groups in total. The molecule has 1 unspecified atom stereocenters. The first-order chi connectivity index (χ1) is 17.2. The number of hydrogen-bond donors (Lipinski definition) is 2. The minimum absolute atomic E-state index is 0.0139. The average molecular weight is 548 g/mol. The Bertz CT molecular complexity index is 1320. The van der Waals surface area contributed by atoms with E-state index in [9.17, 15) is 22.8 Å². The number of ketones is 1. The monoisotopic (exact) mass is 547 g/mol. The maximum absolute atomic E-state index is 14.0. The zero-order valence-electron chi connectivity index (χ0n) is 20.1. The topological polar surface area (TPSA) is 113 Å². The molecule has 1 fully saturated rings. The quantitative estimate of drug-likeness (QED) is 0.445. The number of nitrogens with zero attached hydrogens (tertiary/aromatic N) is 1. The molecule has 8 nitrogen and oxygen atoms in total. The zero-order valence-corrected chi connectivity index (χ0v) is 22.5. The van der Waals surface area contributed by atoms with Crippen molar-refractivity contribution in [3.05, 3.63) is 52.7 Å². The van der Waals surface area contributed by atoms with Gasteiger partial charge in [0.1, 0.15) is 16.3 Å². The van der Waals surface area contributed by atoms with Gasteiger partial charge >= 0.3 is 0 Å². The van der Waals surface area contributed by atoms with Crippen LogP contribution >= 0.6 is 22.7 Å². The molecule has 2 amide bonds. The highest BCUT2D eigenvalue weighted by molar-refractivity contribution is 7.91. The Morgan fingerprint density at radius 3 is 2.67 bits per heavy atom. The highest BCUT2D eigenvalue weighted by Crippen LogP contribution is 2.28. The van der Waals surface area contributed by atoms with Gasteiger partial charge in [0, 0.05) is 4.70 Å². The number of nitrogens with one attached hydrogen (secondary N) is 2. The molecule has 2 aromatic heterocycles. The van der Waals surface area contributed by atoms with E-state index in [2.05, 4.69) is 10.6 Å². The van der Waals surface area contributed by atoms with Gasteiger partial charge in [0.25, 0.3) is 21.8 Å². The molecule has 1 aliphatic rings. The van der Waals surface area contributed by atoms with Gasteiger partial charge in [0.2, 0.25) is 0 Å². The summed E-state index contributed by atoms with van der Waals surface area (Å²) in [5.74, 6) is -1.61. The van der Waals surface area contributed by atoms with E-state index in [0.717, 1.165) is 25.7 Å². The van der Waals surface area contributed by atoms with E-state index in [4.69, 9.17) is 0 Å². The van der Waals surface area contributed by atoms with Crippen molar-refractivity contribution < 1.29 is 22.8 Å². The van der Waals surface area contributed by atoms with Crippen LogP contribution in [0.4, 0.5) is 0 Å². The van der Waals surface area contributed by atoms with Crippen LogP contribution < -0.4 is 10.6 Å². The van der Waals surface area contributed by atoms with Gasteiger partial charge < -0.3 is 10.6 Å². The number of thiophene rings is 2. The summed E-state index contributed by atoms with van der Waals surface area (Å²) >= 11 is 2.30. The normalized spacial score (nSPS) is 17.6. The Balaban J connectivity index is 1.70. The van der Waals surface area contributed by atoms with Crippen molar-refractivity contribution in [3.63, 3.8) is 0 Å². The number of Topliss-reactive ketones (excluding diaryl/α,β-unsaturated/α-hetero) is 1. The molecule has 1 aliphatic heterocycles. The van der Waals surface area contributed by atoms with Gasteiger partial charge in [0.05, 0.1) is 11.4 Å². The first-order valence-corrected chi connectivity index (χ1v) is 15.0. The van der Waals surface area contributed by atoms with Crippen molar-refractivity contribution in [1.29, 1.82) is 0 Å². The smallest absolute Gasteiger partial charge is 0.276 e. The van der Waals surface area contributed by atoms with Crippen LogP contribution in [0.2, 0.25) is 0 Å². The molecule has 2 atom stereocenters. The summed E-state index contributed by atoms with van der Waals surface area (Å²) < 4.78 is 29.0. The van der Waals surface area contributed by atoms with Crippen LogP contribution in [0.25, 0.3) is 10.1 Å². The fraction of sp³-hybridized carbons (Fsp3) is 0.400. The lowest BCUT2D eigenvalue weighted by molar-refractivity contribution is -0.135. The second-order valence-electron chi connectivity index (χ2n) is 9.18. The molecule has 0 aliphatic carbocycles. The van der Waals surface area contributed by atoms with Gasteiger partial charge in [-0.05, 0) is 60.7 Å². The maximum Gasteiger partial charge on any atom is 0.276 e. The van der Waals surface area contributed by atoms with Gasteiger partial charge in [-0.3, -0.25) is 14.4 Å². The lowest BCUT2D eigenvalue weighted by Crippen LogP contribution is -2.56. The molecule has 4 rings (SSSR count). The third-order valence-electron chi connectivity index (χ3n) is 5.97. The van der Waals surface area contributed by atoms with Crippen molar-refractivity contribution in [2.75, 3.05) is 13.1 Å². The van der Waals surface area contributed by atoms with Crippen LogP contribution in [-0.4, -0.2) is 55.5 Å². The molecule has 11 heteroatoms. The van der Waals surface area contributed by atoms with Crippen LogP contribution in [0.15, 0.2) is 52.1 Å². The minimum Gasteiger partial charge on any atom is -0.339 e. The Labute approximate surface area is 218 Å². The Morgan fingerprint density at radius 1 is 1.19 bits per heavy atom. The molecule has 0 saturated carbocycles. The molecule has 1 saturated heterocycles. The molecule has 0 bridgehead atoms. The number of benzene rings is 1. The first kappa shape index (κ1) is 26.5. The number of rotatable bonds is 8. The molecule has 0 spiro atoms. The van der Waals surface area contributed by atoms with E-state index in [0.29, 0.717) is 17.8 Å². The molecular formula is C25H29N3O5S3. The molecular weight excluding hydrogens is 518 g/mol. The number of amides is 2. The second-order valence-corrected chi connectivity index (χ2v) is 13.2. The Morgan fingerprint density at radius 2 is 1.97 bits per heavy atom. The molecule has 192 valence electrons. The van der Waals surface area contributed by atoms with Crippen LogP contribution in [0, 0.1) is 5.92 Å². The van der Waals surface area contributed by atoms with Gasteiger partial charge in [-0.1, -0.05) is 38.1 Å². The van der Waals surface area contributed by atoms with Crippen molar-refractivity contribution >= 4 is 60.4 Å². The van der Waals surface area contributed by atoms with Crippen LogP contribution in [0.1, 0.15) is 42.8 Å². The van der Waals surface area contributed by atoms with Crippen molar-refractivity contribution in [2.24, 2.45) is 5.92 Å². The molecule has 3 heterocycles. The highest BCUT2D eigenvalue weighted by atomic mass is 32.2. The fourth-order valence-corrected chi connectivity index (χ4v) is 7.95. The average Bonchev–Trinajstić information content (AvgIpc) is 3.48. The summed E-state index contributed by atoms with van der Waals surface area (Å²) in [6.45, 7) is 4.33. The lowest BCUT2D eigenvalue weighted by Gasteiger charge is -2.32. The molecule has 1 aromatic carbocycles. The summed E-state index contributed by atoms with van der Waals surface area (Å²) in [5.41, 5.74) is 0. The first-order valence-electron chi connectivity index (χ1n) is 11.8. The van der Waals surface area contributed by atoms with E-state index in [1.54, 1.807) is 17.5 Å². The molecule has 0 radical (unpaired) electrons. The van der Waals surface area contributed by atoms with E-state index in [-0.39, 0.29) is 35.3 Å². The summed E-state index contributed by atoms with van der Waals surface area (Å²) in [6, 6.07) is 10.1. The number of sulfonamides is 1. The van der Waals surface area contributed by atoms with Crippen LogP contribution in [-0.2, 0) is 19.6 Å². The minimum atomic E-state index is -4.30. The van der Waals surface area contributed by atoms with Gasteiger partial charge in [-0.15, -0.1) is 22.7 Å².